The van der Waals surface area contributed by atoms with E-state index in [4.69, 9.17) is 0 Å². The van der Waals surface area contributed by atoms with Gasteiger partial charge in [-0.3, -0.25) is 4.79 Å². The zero-order chi connectivity index (χ0) is 14.0. The number of hydrogen-bond acceptors (Lipinski definition) is 4. The number of amides is 1. The summed E-state index contributed by atoms with van der Waals surface area (Å²) in [5, 5.41) is 14.3. The Hall–Kier alpha value is -1.43. The summed E-state index contributed by atoms with van der Waals surface area (Å²) < 4.78 is 1.83. The first-order chi connectivity index (χ1) is 8.97. The molecule has 1 aliphatic rings. The van der Waals surface area contributed by atoms with Gasteiger partial charge >= 0.3 is 0 Å². The topological polar surface area (TPSA) is 71.8 Å². The molecule has 1 amide bonds. The number of carbonyl (C=O) groups excluding carboxylic acids is 1. The first-order valence-corrected chi connectivity index (χ1v) is 6.83. The van der Waals surface area contributed by atoms with Crippen molar-refractivity contribution < 1.29 is 4.79 Å². The van der Waals surface area contributed by atoms with Crippen LogP contribution >= 0.6 is 0 Å². The smallest absolute Gasteiger partial charge is 0.228 e. The highest BCUT2D eigenvalue weighted by Crippen LogP contribution is 2.34. The van der Waals surface area contributed by atoms with Crippen LogP contribution in [-0.2, 0) is 11.8 Å². The standard InChI is InChI=1S/C13H23N5O/c1-9(2)13(5-6-14-7-13)12(19)16-10(3)11-17-15-8-18(11)4/h8-10,14H,5-7H2,1-4H3,(H,16,19). The molecule has 2 unspecified atom stereocenters. The van der Waals surface area contributed by atoms with Crippen molar-refractivity contribution in [1.82, 2.24) is 25.4 Å². The Morgan fingerprint density at radius 1 is 1.53 bits per heavy atom. The lowest BCUT2D eigenvalue weighted by Gasteiger charge is -2.32. The highest BCUT2D eigenvalue weighted by atomic mass is 16.2. The lowest BCUT2D eigenvalue weighted by Crippen LogP contribution is -2.47. The van der Waals surface area contributed by atoms with E-state index in [-0.39, 0.29) is 17.4 Å². The Balaban J connectivity index is 2.10. The van der Waals surface area contributed by atoms with Crippen LogP contribution in [0.5, 0.6) is 0 Å². The monoisotopic (exact) mass is 265 g/mol. The van der Waals surface area contributed by atoms with Gasteiger partial charge in [-0.2, -0.15) is 0 Å². The number of nitrogens with one attached hydrogen (secondary N) is 2. The Bertz CT molecular complexity index is 448. The van der Waals surface area contributed by atoms with E-state index in [1.165, 1.54) is 0 Å². The number of carbonyl (C=O) groups is 1. The van der Waals surface area contributed by atoms with Gasteiger partial charge in [0.15, 0.2) is 5.82 Å². The molecule has 2 rings (SSSR count). The molecule has 106 valence electrons. The molecule has 0 spiro atoms. The van der Waals surface area contributed by atoms with E-state index in [0.29, 0.717) is 5.92 Å². The van der Waals surface area contributed by atoms with Crippen LogP contribution in [0.1, 0.15) is 39.1 Å². The molecule has 0 bridgehead atoms. The van der Waals surface area contributed by atoms with Gasteiger partial charge in [0.1, 0.15) is 6.33 Å². The van der Waals surface area contributed by atoms with Gasteiger partial charge in [-0.25, -0.2) is 0 Å². The van der Waals surface area contributed by atoms with Crippen molar-refractivity contribution in [2.45, 2.75) is 33.2 Å². The largest absolute Gasteiger partial charge is 0.346 e. The van der Waals surface area contributed by atoms with Gasteiger partial charge in [-0.1, -0.05) is 13.8 Å². The third-order valence-corrected chi connectivity index (χ3v) is 4.23. The third-order valence-electron chi connectivity index (χ3n) is 4.23. The van der Waals surface area contributed by atoms with E-state index in [9.17, 15) is 4.79 Å². The van der Waals surface area contributed by atoms with E-state index in [2.05, 4.69) is 34.7 Å². The maximum absolute atomic E-state index is 12.6. The average molecular weight is 265 g/mol. The van der Waals surface area contributed by atoms with Gasteiger partial charge in [0.05, 0.1) is 11.5 Å². The second-order valence-corrected chi connectivity index (χ2v) is 5.73. The van der Waals surface area contributed by atoms with E-state index >= 15 is 0 Å². The Labute approximate surface area is 114 Å². The molecule has 1 aliphatic heterocycles. The predicted octanol–water partition coefficient (Wildman–Crippen LogP) is 0.628. The van der Waals surface area contributed by atoms with Crippen LogP contribution in [0.2, 0.25) is 0 Å². The van der Waals surface area contributed by atoms with E-state index < -0.39 is 0 Å². The predicted molar refractivity (Wildman–Crippen MR) is 72.3 cm³/mol. The van der Waals surface area contributed by atoms with Gasteiger partial charge in [-0.05, 0) is 25.8 Å². The summed E-state index contributed by atoms with van der Waals surface area (Å²) >= 11 is 0. The van der Waals surface area contributed by atoms with Gasteiger partial charge in [0.2, 0.25) is 5.91 Å². The molecule has 1 aromatic rings. The fourth-order valence-corrected chi connectivity index (χ4v) is 2.75. The van der Waals surface area contributed by atoms with Crippen LogP contribution in [0.3, 0.4) is 0 Å². The van der Waals surface area contributed by atoms with E-state index in [1.54, 1.807) is 6.33 Å². The molecule has 6 nitrogen and oxygen atoms in total. The Morgan fingerprint density at radius 3 is 2.74 bits per heavy atom. The van der Waals surface area contributed by atoms with Crippen molar-refractivity contribution in [3.8, 4) is 0 Å². The molecular weight excluding hydrogens is 242 g/mol. The Kier molecular flexibility index (Phi) is 3.89. The van der Waals surface area contributed by atoms with E-state index in [0.717, 1.165) is 25.3 Å². The molecule has 1 aromatic heterocycles. The van der Waals surface area contributed by atoms with Crippen LogP contribution < -0.4 is 10.6 Å². The first-order valence-electron chi connectivity index (χ1n) is 6.83. The number of aryl methyl sites for hydroxylation is 1. The molecule has 1 saturated heterocycles. The Morgan fingerprint density at radius 2 is 2.26 bits per heavy atom. The van der Waals surface area contributed by atoms with Crippen molar-refractivity contribution in [3.63, 3.8) is 0 Å². The van der Waals surface area contributed by atoms with E-state index in [1.807, 2.05) is 18.5 Å². The normalized spacial score (nSPS) is 24.7. The second-order valence-electron chi connectivity index (χ2n) is 5.73. The minimum atomic E-state index is -0.299. The molecule has 2 N–H and O–H groups in total. The van der Waals surface area contributed by atoms with Crippen molar-refractivity contribution in [2.75, 3.05) is 13.1 Å². The summed E-state index contributed by atoms with van der Waals surface area (Å²) in [4.78, 5) is 12.6. The highest BCUT2D eigenvalue weighted by molar-refractivity contribution is 5.83. The van der Waals surface area contributed by atoms with Gasteiger partial charge in [0.25, 0.3) is 0 Å². The van der Waals surface area contributed by atoms with Crippen LogP contribution in [0.4, 0.5) is 0 Å². The summed E-state index contributed by atoms with van der Waals surface area (Å²) in [7, 11) is 1.88. The molecule has 1 fully saturated rings. The molecule has 0 aromatic carbocycles. The molecular formula is C13H23N5O. The first kappa shape index (κ1) is 14.0. The molecule has 19 heavy (non-hydrogen) atoms. The maximum atomic E-state index is 12.6. The van der Waals surface area contributed by atoms with Crippen molar-refractivity contribution >= 4 is 5.91 Å². The van der Waals surface area contributed by atoms with Crippen LogP contribution in [-0.4, -0.2) is 33.8 Å². The number of hydrogen-bond donors (Lipinski definition) is 2. The lowest BCUT2D eigenvalue weighted by molar-refractivity contribution is -0.133. The lowest BCUT2D eigenvalue weighted by atomic mass is 9.75. The second kappa shape index (κ2) is 5.28. The molecule has 0 saturated carbocycles. The fourth-order valence-electron chi connectivity index (χ4n) is 2.75. The SMILES string of the molecule is CC(NC(=O)C1(C(C)C)CCNC1)c1nncn1C. The van der Waals surface area contributed by atoms with Crippen LogP contribution in [0, 0.1) is 11.3 Å². The molecule has 2 heterocycles. The summed E-state index contributed by atoms with van der Waals surface area (Å²) in [6.07, 6.45) is 2.54. The van der Waals surface area contributed by atoms with Gasteiger partial charge < -0.3 is 15.2 Å². The van der Waals surface area contributed by atoms with Crippen molar-refractivity contribution in [3.05, 3.63) is 12.2 Å². The molecule has 0 aliphatic carbocycles. The minimum absolute atomic E-state index is 0.114. The summed E-state index contributed by atoms with van der Waals surface area (Å²) in [6.45, 7) is 7.82. The fraction of sp³-hybridized carbons (Fsp3) is 0.769. The number of rotatable bonds is 4. The maximum Gasteiger partial charge on any atom is 0.228 e. The van der Waals surface area contributed by atoms with Gasteiger partial charge in [-0.15, -0.1) is 10.2 Å². The van der Waals surface area contributed by atoms with Crippen molar-refractivity contribution in [2.24, 2.45) is 18.4 Å². The average Bonchev–Trinajstić information content (AvgIpc) is 2.97. The quantitative estimate of drug-likeness (QED) is 0.837. The summed E-state index contributed by atoms with van der Waals surface area (Å²) in [5.41, 5.74) is -0.299. The molecule has 6 heteroatoms. The zero-order valence-corrected chi connectivity index (χ0v) is 12.1. The zero-order valence-electron chi connectivity index (χ0n) is 12.1. The van der Waals surface area contributed by atoms with Crippen LogP contribution in [0.15, 0.2) is 6.33 Å². The van der Waals surface area contributed by atoms with Crippen LogP contribution in [0.25, 0.3) is 0 Å². The highest BCUT2D eigenvalue weighted by Gasteiger charge is 2.44. The third kappa shape index (κ3) is 2.49. The molecule has 2 atom stereocenters. The number of nitrogens with zero attached hydrogens (tertiary/aromatic N) is 3. The minimum Gasteiger partial charge on any atom is -0.346 e. The summed E-state index contributed by atoms with van der Waals surface area (Å²) in [6, 6.07) is -0.128. The van der Waals surface area contributed by atoms with Gasteiger partial charge in [0, 0.05) is 13.6 Å². The number of aromatic nitrogens is 3. The van der Waals surface area contributed by atoms with Crippen molar-refractivity contribution in [1.29, 1.82) is 0 Å². The molecule has 0 radical (unpaired) electrons. The summed E-state index contributed by atoms with van der Waals surface area (Å²) in [5.74, 6) is 1.20.